The van der Waals surface area contributed by atoms with E-state index < -0.39 is 0 Å². The first kappa shape index (κ1) is 25.1. The van der Waals surface area contributed by atoms with Crippen LogP contribution in [0.1, 0.15) is 22.5 Å². The van der Waals surface area contributed by atoms with Crippen molar-refractivity contribution in [1.29, 1.82) is 0 Å². The van der Waals surface area contributed by atoms with E-state index in [-0.39, 0.29) is 12.5 Å². The summed E-state index contributed by atoms with van der Waals surface area (Å²) < 4.78 is 16.6. The van der Waals surface area contributed by atoms with Gasteiger partial charge in [0.15, 0.2) is 5.17 Å². The van der Waals surface area contributed by atoms with Gasteiger partial charge >= 0.3 is 0 Å². The summed E-state index contributed by atoms with van der Waals surface area (Å²) >= 11 is 1.27. The highest BCUT2D eigenvalue weighted by Gasteiger charge is 2.34. The smallest absolute Gasteiger partial charge is 0.267 e. The molecule has 190 valence electrons. The van der Waals surface area contributed by atoms with E-state index in [4.69, 9.17) is 13.9 Å². The molecule has 1 fully saturated rings. The Morgan fingerprint density at radius 2 is 1.76 bits per heavy atom. The van der Waals surface area contributed by atoms with Crippen molar-refractivity contribution in [2.45, 2.75) is 13.2 Å². The number of carbonyl (C=O) groups excluding carboxylic acids is 1. The first-order valence-corrected chi connectivity index (χ1v) is 12.8. The Kier molecular flexibility index (Phi) is 8.01. The molecule has 0 spiro atoms. The zero-order valence-electron chi connectivity index (χ0n) is 20.7. The summed E-state index contributed by atoms with van der Waals surface area (Å²) in [4.78, 5) is 15.5. The van der Waals surface area contributed by atoms with Gasteiger partial charge in [-0.25, -0.2) is 0 Å². The maximum atomic E-state index is 13.4. The Hall–Kier alpha value is -4.56. The van der Waals surface area contributed by atoms with Crippen LogP contribution in [0.5, 0.6) is 11.5 Å². The molecule has 3 aromatic carbocycles. The number of nitrogens with zero attached hydrogens (tertiary/aromatic N) is 3. The van der Waals surface area contributed by atoms with Gasteiger partial charge < -0.3 is 13.9 Å². The molecule has 1 saturated heterocycles. The molecule has 1 aromatic heterocycles. The van der Waals surface area contributed by atoms with Crippen LogP contribution < -0.4 is 9.47 Å². The molecule has 1 aliphatic heterocycles. The monoisotopic (exact) mass is 523 g/mol. The Morgan fingerprint density at radius 1 is 0.921 bits per heavy atom. The fourth-order valence-electron chi connectivity index (χ4n) is 3.70. The largest absolute Gasteiger partial charge is 0.497 e. The number of amides is 1. The summed E-state index contributed by atoms with van der Waals surface area (Å²) in [5.41, 5.74) is 2.81. The topological polar surface area (TPSA) is 76.6 Å². The maximum Gasteiger partial charge on any atom is 0.267 e. The molecular formula is C30H25N3O4S. The third-order valence-electron chi connectivity index (χ3n) is 5.65. The van der Waals surface area contributed by atoms with Crippen LogP contribution >= 0.6 is 11.8 Å². The van der Waals surface area contributed by atoms with Crippen molar-refractivity contribution >= 4 is 35.1 Å². The third-order valence-corrected chi connectivity index (χ3v) is 6.65. The molecule has 4 aromatic rings. The predicted molar refractivity (Wildman–Crippen MR) is 150 cm³/mol. The van der Waals surface area contributed by atoms with E-state index in [0.29, 0.717) is 22.4 Å². The van der Waals surface area contributed by atoms with Crippen molar-refractivity contribution in [3.8, 4) is 11.5 Å². The summed E-state index contributed by atoms with van der Waals surface area (Å²) in [6, 6.07) is 28.7. The van der Waals surface area contributed by atoms with E-state index in [1.54, 1.807) is 30.6 Å². The van der Waals surface area contributed by atoms with E-state index in [1.807, 2.05) is 91.0 Å². The fourth-order valence-corrected chi connectivity index (χ4v) is 4.64. The zero-order chi connectivity index (χ0) is 26.2. The van der Waals surface area contributed by atoms with Gasteiger partial charge in [0, 0.05) is 0 Å². The van der Waals surface area contributed by atoms with Crippen molar-refractivity contribution in [2.75, 3.05) is 7.11 Å². The number of amidine groups is 1. The molecule has 0 unspecified atom stereocenters. The zero-order valence-corrected chi connectivity index (χ0v) is 21.5. The van der Waals surface area contributed by atoms with Crippen LogP contribution in [-0.4, -0.2) is 29.3 Å². The molecule has 1 amide bonds. The van der Waals surface area contributed by atoms with Crippen LogP contribution in [0.2, 0.25) is 0 Å². The molecule has 0 bridgehead atoms. The minimum Gasteiger partial charge on any atom is -0.497 e. The molecule has 8 heteroatoms. The molecule has 0 atom stereocenters. The molecular weight excluding hydrogens is 498 g/mol. The van der Waals surface area contributed by atoms with Gasteiger partial charge in [0.25, 0.3) is 5.91 Å². The van der Waals surface area contributed by atoms with Crippen molar-refractivity contribution < 1.29 is 18.7 Å². The number of carbonyl (C=O) groups is 1. The van der Waals surface area contributed by atoms with E-state index >= 15 is 0 Å². The Bertz CT molecular complexity index is 1460. The number of thioether (sulfide) groups is 1. The normalized spacial score (nSPS) is 15.6. The lowest BCUT2D eigenvalue weighted by molar-refractivity contribution is -0.122. The SMILES string of the molecule is COc1ccc(/C=N\N=C2\S/C(=C\c3cccc(OCc4ccccc4)c3)C(=O)N2Cc2ccco2)cc1. The molecule has 1 aliphatic rings. The van der Waals surface area contributed by atoms with Gasteiger partial charge in [0.05, 0.1) is 31.0 Å². The second kappa shape index (κ2) is 12.1. The molecule has 5 rings (SSSR count). The highest BCUT2D eigenvalue weighted by atomic mass is 32.2. The summed E-state index contributed by atoms with van der Waals surface area (Å²) in [6.07, 6.45) is 5.06. The second-order valence-electron chi connectivity index (χ2n) is 8.33. The van der Waals surface area contributed by atoms with E-state index in [0.717, 1.165) is 28.2 Å². The molecule has 0 N–H and O–H groups in total. The van der Waals surface area contributed by atoms with Gasteiger partial charge in [-0.15, -0.1) is 5.10 Å². The number of furan rings is 1. The van der Waals surface area contributed by atoms with E-state index in [9.17, 15) is 4.79 Å². The third kappa shape index (κ3) is 6.41. The molecule has 7 nitrogen and oxygen atoms in total. The van der Waals surface area contributed by atoms with Gasteiger partial charge in [0.1, 0.15) is 23.9 Å². The van der Waals surface area contributed by atoms with Crippen molar-refractivity contribution in [2.24, 2.45) is 10.2 Å². The van der Waals surface area contributed by atoms with Gasteiger partial charge in [-0.05, 0) is 83.1 Å². The van der Waals surface area contributed by atoms with Crippen molar-refractivity contribution in [3.05, 3.63) is 125 Å². The Labute approximate surface area is 225 Å². The first-order valence-electron chi connectivity index (χ1n) is 11.9. The van der Waals surface area contributed by atoms with Crippen molar-refractivity contribution in [1.82, 2.24) is 4.90 Å². The van der Waals surface area contributed by atoms with Crippen LogP contribution in [0.15, 0.2) is 117 Å². The average Bonchev–Trinajstić information content (AvgIpc) is 3.57. The summed E-state index contributed by atoms with van der Waals surface area (Å²) in [7, 11) is 1.62. The van der Waals surface area contributed by atoms with E-state index in [2.05, 4.69) is 10.2 Å². The Morgan fingerprint density at radius 3 is 2.53 bits per heavy atom. The minimum absolute atomic E-state index is 0.166. The molecule has 0 aliphatic carbocycles. The number of methoxy groups -OCH3 is 1. The highest BCUT2D eigenvalue weighted by Crippen LogP contribution is 2.34. The minimum atomic E-state index is -0.166. The molecule has 0 saturated carbocycles. The van der Waals surface area contributed by atoms with E-state index in [1.165, 1.54) is 11.8 Å². The summed E-state index contributed by atoms with van der Waals surface area (Å²) in [5, 5.41) is 9.06. The molecule has 38 heavy (non-hydrogen) atoms. The Balaban J connectivity index is 1.35. The van der Waals surface area contributed by atoms with Crippen LogP contribution in [0.25, 0.3) is 6.08 Å². The molecule has 0 radical (unpaired) electrons. The highest BCUT2D eigenvalue weighted by molar-refractivity contribution is 8.18. The predicted octanol–water partition coefficient (Wildman–Crippen LogP) is 6.37. The van der Waals surface area contributed by atoms with Gasteiger partial charge in [-0.3, -0.25) is 9.69 Å². The van der Waals surface area contributed by atoms with Crippen LogP contribution in [0.3, 0.4) is 0 Å². The second-order valence-corrected chi connectivity index (χ2v) is 9.34. The van der Waals surface area contributed by atoms with Gasteiger partial charge in [-0.1, -0.05) is 42.5 Å². The standard InChI is InChI=1S/C30H25N3O4S/c1-35-25-14-12-22(13-15-25)19-31-32-30-33(20-27-11-6-16-36-27)29(34)28(38-30)18-24-9-5-10-26(17-24)37-21-23-7-3-2-4-8-23/h2-19H,20-21H2,1H3/b28-18-,31-19-,32-30+. The summed E-state index contributed by atoms with van der Waals surface area (Å²) in [5.74, 6) is 1.98. The lowest BCUT2D eigenvalue weighted by atomic mass is 10.2. The quantitative estimate of drug-likeness (QED) is 0.145. The number of benzene rings is 3. The van der Waals surface area contributed by atoms with Crippen LogP contribution in [0, 0.1) is 0 Å². The van der Waals surface area contributed by atoms with Crippen molar-refractivity contribution in [3.63, 3.8) is 0 Å². The first-order chi connectivity index (χ1) is 18.7. The average molecular weight is 524 g/mol. The van der Waals surface area contributed by atoms with Gasteiger partial charge in [-0.2, -0.15) is 5.10 Å². The number of ether oxygens (including phenoxy) is 2. The maximum absolute atomic E-state index is 13.4. The van der Waals surface area contributed by atoms with Crippen LogP contribution in [-0.2, 0) is 17.9 Å². The lowest BCUT2D eigenvalue weighted by Crippen LogP contribution is -2.28. The fraction of sp³-hybridized carbons (Fsp3) is 0.100. The number of hydrogen-bond acceptors (Lipinski definition) is 7. The summed E-state index contributed by atoms with van der Waals surface area (Å²) in [6.45, 7) is 0.724. The number of hydrogen-bond donors (Lipinski definition) is 0. The number of rotatable bonds is 9. The molecule has 2 heterocycles. The lowest BCUT2D eigenvalue weighted by Gasteiger charge is -2.12. The van der Waals surface area contributed by atoms with Gasteiger partial charge in [0.2, 0.25) is 0 Å². The van der Waals surface area contributed by atoms with Crippen LogP contribution in [0.4, 0.5) is 0 Å².